The van der Waals surface area contributed by atoms with Gasteiger partial charge in [-0.15, -0.1) is 0 Å². The van der Waals surface area contributed by atoms with E-state index in [0.29, 0.717) is 13.0 Å². The van der Waals surface area contributed by atoms with E-state index in [-0.39, 0.29) is 23.0 Å². The predicted octanol–water partition coefficient (Wildman–Crippen LogP) is 3.75. The van der Waals surface area contributed by atoms with E-state index in [9.17, 15) is 4.79 Å². The minimum absolute atomic E-state index is 0.192. The van der Waals surface area contributed by atoms with Crippen LogP contribution >= 0.6 is 0 Å². The molecule has 2 radical (unpaired) electrons. The van der Waals surface area contributed by atoms with Gasteiger partial charge in [-0.3, -0.25) is 0 Å². The van der Waals surface area contributed by atoms with Crippen LogP contribution < -0.4 is 5.32 Å². The summed E-state index contributed by atoms with van der Waals surface area (Å²) in [4.78, 5) is 11.6. The topological polar surface area (TPSA) is 38.3 Å². The molecule has 2 atom stereocenters. The maximum Gasteiger partial charge on any atom is 0.407 e. The highest BCUT2D eigenvalue weighted by Crippen LogP contribution is 2.47. The van der Waals surface area contributed by atoms with Gasteiger partial charge in [-0.1, -0.05) is 27.7 Å². The first-order valence-corrected chi connectivity index (χ1v) is 6.82. The van der Waals surface area contributed by atoms with E-state index >= 15 is 0 Å². The van der Waals surface area contributed by atoms with Crippen molar-refractivity contribution >= 4 is 6.09 Å². The van der Waals surface area contributed by atoms with Crippen LogP contribution in [0.15, 0.2) is 0 Å². The minimum atomic E-state index is -0.312. The van der Waals surface area contributed by atoms with Gasteiger partial charge >= 0.3 is 6.09 Å². The summed E-state index contributed by atoms with van der Waals surface area (Å²) in [5, 5.41) is 2.98. The molecule has 0 saturated heterocycles. The molecular weight excluding hydrogens is 226 g/mol. The molecule has 1 saturated carbocycles. The second-order valence-corrected chi connectivity index (χ2v) is 6.64. The molecule has 1 fully saturated rings. The molecule has 3 heteroatoms. The number of ether oxygens (including phenoxy) is 1. The zero-order valence-electron chi connectivity index (χ0n) is 12.1. The fraction of sp³-hybridized carbons (Fsp3) is 0.800. The third-order valence-corrected chi connectivity index (χ3v) is 3.75. The van der Waals surface area contributed by atoms with E-state index < -0.39 is 0 Å². The first-order valence-electron chi connectivity index (χ1n) is 6.82. The third-order valence-electron chi connectivity index (χ3n) is 3.75. The van der Waals surface area contributed by atoms with Crippen LogP contribution in [0.1, 0.15) is 52.9 Å². The zero-order valence-corrected chi connectivity index (χ0v) is 12.1. The van der Waals surface area contributed by atoms with E-state index in [2.05, 4.69) is 39.9 Å². The second-order valence-electron chi connectivity index (χ2n) is 6.64. The van der Waals surface area contributed by atoms with Crippen LogP contribution in [0.3, 0.4) is 0 Å². The molecule has 0 aromatic carbocycles. The average Bonchev–Trinajstić information content (AvgIpc) is 2.23. The van der Waals surface area contributed by atoms with Crippen LogP contribution in [0.2, 0.25) is 0 Å². The molecule has 3 nitrogen and oxygen atoms in total. The number of alkyl carbamates (subject to hydrolysis) is 1. The molecule has 2 unspecified atom stereocenters. The molecule has 104 valence electrons. The van der Waals surface area contributed by atoms with Gasteiger partial charge in [0, 0.05) is 6.04 Å². The van der Waals surface area contributed by atoms with Gasteiger partial charge in [0.2, 0.25) is 0 Å². The Morgan fingerprint density at radius 1 is 1.33 bits per heavy atom. The van der Waals surface area contributed by atoms with Crippen LogP contribution in [-0.4, -0.2) is 18.7 Å². The van der Waals surface area contributed by atoms with E-state index in [4.69, 9.17) is 4.74 Å². The molecule has 0 heterocycles. The SMILES string of the molecule is [CH2]CCOC(=O)NC1CC(C)(C)CC(C)(C[CH2])C1. The summed E-state index contributed by atoms with van der Waals surface area (Å²) in [5.41, 5.74) is 0.459. The van der Waals surface area contributed by atoms with Crippen LogP contribution in [0.4, 0.5) is 4.79 Å². The van der Waals surface area contributed by atoms with Crippen molar-refractivity contribution in [2.45, 2.75) is 58.9 Å². The summed E-state index contributed by atoms with van der Waals surface area (Å²) < 4.78 is 5.04. The van der Waals surface area contributed by atoms with Crippen molar-refractivity contribution < 1.29 is 9.53 Å². The average molecular weight is 253 g/mol. The summed E-state index contributed by atoms with van der Waals surface area (Å²) >= 11 is 0. The molecule has 1 amide bonds. The largest absolute Gasteiger partial charge is 0.450 e. The zero-order chi connectivity index (χ0) is 13.8. The van der Waals surface area contributed by atoms with Crippen molar-refractivity contribution in [3.8, 4) is 0 Å². The first kappa shape index (κ1) is 15.3. The molecular formula is C15H27NO2. The van der Waals surface area contributed by atoms with Crippen molar-refractivity contribution in [3.63, 3.8) is 0 Å². The lowest BCUT2D eigenvalue weighted by Crippen LogP contribution is -2.46. The maximum absolute atomic E-state index is 11.6. The standard InChI is InChI=1S/C15H27NO2/c1-6-8-18-13(17)16-12-9-14(3,4)11-15(5,7-2)10-12/h12H,1-2,6-11H2,3-5H3,(H,16,17). The molecule has 0 bridgehead atoms. The molecule has 1 rings (SSSR count). The highest BCUT2D eigenvalue weighted by atomic mass is 16.5. The van der Waals surface area contributed by atoms with Gasteiger partial charge in [-0.2, -0.15) is 0 Å². The van der Waals surface area contributed by atoms with Crippen LogP contribution in [0.25, 0.3) is 0 Å². The molecule has 1 aliphatic carbocycles. The molecule has 0 aromatic heterocycles. The van der Waals surface area contributed by atoms with E-state index in [1.165, 1.54) is 0 Å². The number of nitrogens with one attached hydrogen (secondary N) is 1. The van der Waals surface area contributed by atoms with E-state index in [1.54, 1.807) is 0 Å². The minimum Gasteiger partial charge on any atom is -0.450 e. The summed E-state index contributed by atoms with van der Waals surface area (Å²) in [5.74, 6) is 0. The monoisotopic (exact) mass is 253 g/mol. The van der Waals surface area contributed by atoms with Gasteiger partial charge in [0.1, 0.15) is 0 Å². The second kappa shape index (κ2) is 5.94. The highest BCUT2D eigenvalue weighted by Gasteiger charge is 2.40. The number of rotatable bonds is 4. The Morgan fingerprint density at radius 2 is 2.00 bits per heavy atom. The molecule has 1 aliphatic rings. The molecule has 0 aromatic rings. The lowest BCUT2D eigenvalue weighted by molar-refractivity contribution is 0.0672. The summed E-state index contributed by atoms with van der Waals surface area (Å²) in [7, 11) is 0. The quantitative estimate of drug-likeness (QED) is 0.828. The Labute approximate surface area is 112 Å². The van der Waals surface area contributed by atoms with Gasteiger partial charge in [0.25, 0.3) is 0 Å². The van der Waals surface area contributed by atoms with Crippen molar-refractivity contribution in [3.05, 3.63) is 13.8 Å². The maximum atomic E-state index is 11.6. The number of carbonyl (C=O) groups excluding carboxylic acids is 1. The fourth-order valence-corrected chi connectivity index (χ4v) is 3.30. The van der Waals surface area contributed by atoms with E-state index in [0.717, 1.165) is 25.7 Å². The van der Waals surface area contributed by atoms with Gasteiger partial charge in [0.15, 0.2) is 0 Å². The lowest BCUT2D eigenvalue weighted by atomic mass is 9.62. The normalized spacial score (nSPS) is 30.8. The van der Waals surface area contributed by atoms with Crippen molar-refractivity contribution in [2.24, 2.45) is 10.8 Å². The summed E-state index contributed by atoms with van der Waals surface area (Å²) in [6, 6.07) is 0.192. The summed E-state index contributed by atoms with van der Waals surface area (Å²) in [6.45, 7) is 14.9. The molecule has 18 heavy (non-hydrogen) atoms. The molecule has 1 N–H and O–H groups in total. The van der Waals surface area contributed by atoms with Crippen LogP contribution in [0.5, 0.6) is 0 Å². The number of carbonyl (C=O) groups is 1. The summed E-state index contributed by atoms with van der Waals surface area (Å²) in [6.07, 6.45) is 4.35. The number of amides is 1. The van der Waals surface area contributed by atoms with Crippen molar-refractivity contribution in [1.82, 2.24) is 5.32 Å². The van der Waals surface area contributed by atoms with Crippen LogP contribution in [0, 0.1) is 24.7 Å². The van der Waals surface area contributed by atoms with Crippen LogP contribution in [-0.2, 0) is 4.74 Å². The van der Waals surface area contributed by atoms with E-state index in [1.807, 2.05) is 0 Å². The molecule has 0 aliphatic heterocycles. The number of hydrogen-bond donors (Lipinski definition) is 1. The van der Waals surface area contributed by atoms with Gasteiger partial charge in [-0.05, 0) is 49.9 Å². The smallest absolute Gasteiger partial charge is 0.407 e. The van der Waals surface area contributed by atoms with Gasteiger partial charge < -0.3 is 10.1 Å². The number of hydrogen-bond acceptors (Lipinski definition) is 2. The van der Waals surface area contributed by atoms with Gasteiger partial charge in [0.05, 0.1) is 6.61 Å². The van der Waals surface area contributed by atoms with Gasteiger partial charge in [-0.25, -0.2) is 4.79 Å². The third kappa shape index (κ3) is 4.51. The van der Waals surface area contributed by atoms with Crippen molar-refractivity contribution in [1.29, 1.82) is 0 Å². The predicted molar refractivity (Wildman–Crippen MR) is 74.0 cm³/mol. The Hall–Kier alpha value is -0.730. The Kier molecular flexibility index (Phi) is 5.06. The highest BCUT2D eigenvalue weighted by molar-refractivity contribution is 5.67. The molecule has 0 spiro atoms. The van der Waals surface area contributed by atoms with Crippen molar-refractivity contribution in [2.75, 3.05) is 6.61 Å². The Bertz CT molecular complexity index is 288. The lowest BCUT2D eigenvalue weighted by Gasteiger charge is -2.46. The Morgan fingerprint density at radius 3 is 2.56 bits per heavy atom. The first-order chi connectivity index (χ1) is 8.30. The Balaban J connectivity index is 2.57. The fourth-order valence-electron chi connectivity index (χ4n) is 3.30.